The highest BCUT2D eigenvalue weighted by Gasteiger charge is 2.21. The molecular formula is C15H22N6O2. The molecule has 1 aliphatic heterocycles. The zero-order valence-corrected chi connectivity index (χ0v) is 13.5. The van der Waals surface area contributed by atoms with Crippen molar-refractivity contribution in [3.8, 4) is 0 Å². The van der Waals surface area contributed by atoms with E-state index >= 15 is 0 Å². The molecule has 1 fully saturated rings. The Bertz CT molecular complexity index is 710. The van der Waals surface area contributed by atoms with Gasteiger partial charge in [0.25, 0.3) is 5.56 Å². The third-order valence-corrected chi connectivity index (χ3v) is 4.07. The molecule has 0 amide bonds. The van der Waals surface area contributed by atoms with E-state index < -0.39 is 0 Å². The van der Waals surface area contributed by atoms with E-state index in [-0.39, 0.29) is 11.7 Å². The summed E-state index contributed by atoms with van der Waals surface area (Å²) < 4.78 is 7.29. The number of morpholine rings is 1. The monoisotopic (exact) mass is 318 g/mol. The van der Waals surface area contributed by atoms with E-state index in [1.165, 1.54) is 10.1 Å². The fourth-order valence-corrected chi connectivity index (χ4v) is 2.65. The van der Waals surface area contributed by atoms with E-state index in [0.29, 0.717) is 19.0 Å². The van der Waals surface area contributed by atoms with Gasteiger partial charge in [-0.1, -0.05) is 0 Å². The first kappa shape index (κ1) is 15.7. The van der Waals surface area contributed by atoms with Crippen LogP contribution in [0.15, 0.2) is 23.4 Å². The summed E-state index contributed by atoms with van der Waals surface area (Å²) in [7, 11) is 1.71. The minimum Gasteiger partial charge on any atom is -0.374 e. The highest BCUT2D eigenvalue weighted by molar-refractivity contribution is 5.30. The van der Waals surface area contributed by atoms with E-state index in [9.17, 15) is 4.79 Å². The number of ether oxygens (including phenoxy) is 1. The van der Waals surface area contributed by atoms with Crippen molar-refractivity contribution >= 4 is 5.82 Å². The first-order valence-corrected chi connectivity index (χ1v) is 7.72. The number of aromatic amines is 1. The summed E-state index contributed by atoms with van der Waals surface area (Å²) in [5.74, 6) is 0.362. The van der Waals surface area contributed by atoms with Crippen molar-refractivity contribution in [1.29, 1.82) is 0 Å². The number of H-pyrrole nitrogens is 1. The summed E-state index contributed by atoms with van der Waals surface area (Å²) in [6.45, 7) is 5.83. The minimum absolute atomic E-state index is 0.0302. The van der Waals surface area contributed by atoms with Crippen molar-refractivity contribution in [3.63, 3.8) is 0 Å². The highest BCUT2D eigenvalue weighted by atomic mass is 16.5. The van der Waals surface area contributed by atoms with Crippen molar-refractivity contribution in [2.75, 3.05) is 31.6 Å². The zero-order chi connectivity index (χ0) is 16.2. The molecule has 0 saturated carbocycles. The van der Waals surface area contributed by atoms with Crippen LogP contribution in [-0.4, -0.2) is 57.0 Å². The van der Waals surface area contributed by atoms with Gasteiger partial charge in [-0.05, 0) is 6.92 Å². The fourth-order valence-electron chi connectivity index (χ4n) is 2.65. The van der Waals surface area contributed by atoms with Crippen LogP contribution in [0.4, 0.5) is 5.82 Å². The van der Waals surface area contributed by atoms with Crippen LogP contribution in [0.25, 0.3) is 0 Å². The number of aromatic nitrogens is 4. The second kappa shape index (κ2) is 6.93. The summed E-state index contributed by atoms with van der Waals surface area (Å²) in [4.78, 5) is 18.4. The Labute approximate surface area is 134 Å². The van der Waals surface area contributed by atoms with Gasteiger partial charge in [-0.2, -0.15) is 5.10 Å². The van der Waals surface area contributed by atoms with Crippen LogP contribution in [0.5, 0.6) is 0 Å². The van der Waals surface area contributed by atoms with Gasteiger partial charge in [0.05, 0.1) is 18.9 Å². The van der Waals surface area contributed by atoms with Gasteiger partial charge < -0.3 is 14.6 Å². The Morgan fingerprint density at radius 2 is 2.39 bits per heavy atom. The maximum absolute atomic E-state index is 11.9. The van der Waals surface area contributed by atoms with Gasteiger partial charge in [-0.15, -0.1) is 0 Å². The molecule has 8 nitrogen and oxygen atoms in total. The Morgan fingerprint density at radius 1 is 1.52 bits per heavy atom. The van der Waals surface area contributed by atoms with Gasteiger partial charge in [0.15, 0.2) is 5.82 Å². The van der Waals surface area contributed by atoms with Crippen molar-refractivity contribution in [3.05, 3.63) is 40.2 Å². The normalized spacial score (nSPS) is 19.0. The second-order valence-corrected chi connectivity index (χ2v) is 5.82. The molecule has 3 rings (SSSR count). The first-order valence-electron chi connectivity index (χ1n) is 7.72. The molecule has 124 valence electrons. The van der Waals surface area contributed by atoms with E-state index in [4.69, 9.17) is 4.74 Å². The molecule has 3 heterocycles. The summed E-state index contributed by atoms with van der Waals surface area (Å²) in [6.07, 6.45) is 5.15. The van der Waals surface area contributed by atoms with Gasteiger partial charge in [0.2, 0.25) is 0 Å². The van der Waals surface area contributed by atoms with Crippen molar-refractivity contribution < 1.29 is 4.74 Å². The lowest BCUT2D eigenvalue weighted by Crippen LogP contribution is -2.45. The van der Waals surface area contributed by atoms with E-state index in [2.05, 4.69) is 25.4 Å². The molecule has 0 aliphatic carbocycles. The van der Waals surface area contributed by atoms with Crippen LogP contribution in [0, 0.1) is 6.92 Å². The van der Waals surface area contributed by atoms with E-state index in [1.807, 2.05) is 13.1 Å². The Kier molecular flexibility index (Phi) is 4.73. The lowest BCUT2D eigenvalue weighted by atomic mass is 10.2. The number of aryl methyl sites for hydroxylation is 2. The maximum atomic E-state index is 11.9. The summed E-state index contributed by atoms with van der Waals surface area (Å²) in [5, 5.41) is 10.1. The topological polar surface area (TPSA) is 88.1 Å². The van der Waals surface area contributed by atoms with Crippen LogP contribution in [0.3, 0.4) is 0 Å². The van der Waals surface area contributed by atoms with Crippen molar-refractivity contribution in [1.82, 2.24) is 24.6 Å². The molecule has 1 saturated heterocycles. The van der Waals surface area contributed by atoms with Crippen molar-refractivity contribution in [2.45, 2.75) is 19.6 Å². The highest BCUT2D eigenvalue weighted by Crippen LogP contribution is 2.12. The smallest absolute Gasteiger partial charge is 0.293 e. The van der Waals surface area contributed by atoms with Crippen LogP contribution < -0.4 is 10.9 Å². The molecule has 0 bridgehead atoms. The van der Waals surface area contributed by atoms with Gasteiger partial charge in [-0.3, -0.25) is 14.8 Å². The third kappa shape index (κ3) is 3.77. The molecular weight excluding hydrogens is 296 g/mol. The summed E-state index contributed by atoms with van der Waals surface area (Å²) in [5.41, 5.74) is 2.18. The van der Waals surface area contributed by atoms with Gasteiger partial charge >= 0.3 is 0 Å². The molecule has 23 heavy (non-hydrogen) atoms. The average molecular weight is 318 g/mol. The van der Waals surface area contributed by atoms with Crippen LogP contribution >= 0.6 is 0 Å². The largest absolute Gasteiger partial charge is 0.374 e. The van der Waals surface area contributed by atoms with Gasteiger partial charge in [0, 0.05) is 56.9 Å². The van der Waals surface area contributed by atoms with Gasteiger partial charge in [0.1, 0.15) is 0 Å². The lowest BCUT2D eigenvalue weighted by Gasteiger charge is -2.32. The SMILES string of the molecule is Cc1[nH]ncc1CN1CCO[C@H](CNc2nccn(C)c2=O)C1. The van der Waals surface area contributed by atoms with Gasteiger partial charge in [-0.25, -0.2) is 4.98 Å². The van der Waals surface area contributed by atoms with E-state index in [0.717, 1.165) is 25.3 Å². The molecule has 1 atom stereocenters. The quantitative estimate of drug-likeness (QED) is 0.814. The zero-order valence-electron chi connectivity index (χ0n) is 13.5. The molecule has 8 heteroatoms. The number of hydrogen-bond donors (Lipinski definition) is 2. The molecule has 0 spiro atoms. The van der Waals surface area contributed by atoms with Crippen LogP contribution in [0.1, 0.15) is 11.3 Å². The predicted molar refractivity (Wildman–Crippen MR) is 86.3 cm³/mol. The van der Waals surface area contributed by atoms with Crippen molar-refractivity contribution in [2.24, 2.45) is 7.05 Å². The molecule has 2 aromatic heterocycles. The second-order valence-electron chi connectivity index (χ2n) is 5.82. The molecule has 1 aliphatic rings. The molecule has 0 radical (unpaired) electrons. The Balaban J connectivity index is 1.55. The first-order chi connectivity index (χ1) is 11.1. The van der Waals surface area contributed by atoms with E-state index in [1.54, 1.807) is 19.4 Å². The minimum atomic E-state index is -0.130. The number of hydrogen-bond acceptors (Lipinski definition) is 6. The maximum Gasteiger partial charge on any atom is 0.293 e. The molecule has 0 unspecified atom stereocenters. The number of rotatable bonds is 5. The predicted octanol–water partition coefficient (Wildman–Crippen LogP) is 0.125. The molecule has 2 aromatic rings. The number of anilines is 1. The van der Waals surface area contributed by atoms with Crippen LogP contribution in [0.2, 0.25) is 0 Å². The van der Waals surface area contributed by atoms with Crippen LogP contribution in [-0.2, 0) is 18.3 Å². The fraction of sp³-hybridized carbons (Fsp3) is 0.533. The standard InChI is InChI=1S/C15H22N6O2/c1-11-12(7-18-19-11)9-21-5-6-23-13(10-21)8-17-14-15(22)20(2)4-3-16-14/h3-4,7,13H,5-6,8-10H2,1-2H3,(H,16,17)(H,18,19)/t13-/m1/s1. The summed E-state index contributed by atoms with van der Waals surface area (Å²) in [6, 6.07) is 0. The Hall–Kier alpha value is -2.19. The number of nitrogens with one attached hydrogen (secondary N) is 2. The molecule has 0 aromatic carbocycles. The molecule has 2 N–H and O–H groups in total. The third-order valence-electron chi connectivity index (χ3n) is 4.07. The average Bonchev–Trinajstić information content (AvgIpc) is 2.94. The number of nitrogens with zero attached hydrogens (tertiary/aromatic N) is 4. The Morgan fingerprint density at radius 3 is 3.17 bits per heavy atom. The lowest BCUT2D eigenvalue weighted by molar-refractivity contribution is -0.0241. The summed E-state index contributed by atoms with van der Waals surface area (Å²) >= 11 is 0.